The first-order chi connectivity index (χ1) is 11.3. The van der Waals surface area contributed by atoms with Crippen molar-refractivity contribution in [2.75, 3.05) is 13.1 Å². The standard InChI is InChI=1S/C20H30N2O2/c1-14-5-7-15(8-6-14)11-21-18-9-16-12-22(13-17(16)10-18)19(23)24-20(2,3)4/h5-8,16-18,21H,9-13H2,1-4H3/t16-,17+,18-. The maximum Gasteiger partial charge on any atom is 0.410 e. The van der Waals surface area contributed by atoms with Crippen LogP contribution < -0.4 is 5.32 Å². The molecule has 0 bridgehead atoms. The Labute approximate surface area is 145 Å². The lowest BCUT2D eigenvalue weighted by Gasteiger charge is -2.25. The van der Waals surface area contributed by atoms with E-state index in [0.717, 1.165) is 32.5 Å². The Kier molecular flexibility index (Phi) is 4.86. The maximum atomic E-state index is 12.2. The highest BCUT2D eigenvalue weighted by Gasteiger charge is 2.43. The summed E-state index contributed by atoms with van der Waals surface area (Å²) in [6, 6.07) is 9.30. The van der Waals surface area contributed by atoms with Crippen molar-refractivity contribution in [2.24, 2.45) is 11.8 Å². The topological polar surface area (TPSA) is 41.6 Å². The number of fused-ring (bicyclic) bond motifs is 1. The molecular weight excluding hydrogens is 300 g/mol. The quantitative estimate of drug-likeness (QED) is 0.918. The van der Waals surface area contributed by atoms with Crippen LogP contribution in [0.25, 0.3) is 0 Å². The number of carbonyl (C=O) groups is 1. The third-order valence-corrected chi connectivity index (χ3v) is 5.12. The van der Waals surface area contributed by atoms with Gasteiger partial charge in [-0.15, -0.1) is 0 Å². The minimum absolute atomic E-state index is 0.152. The molecule has 1 aromatic carbocycles. The monoisotopic (exact) mass is 330 g/mol. The van der Waals surface area contributed by atoms with E-state index in [1.807, 2.05) is 25.7 Å². The van der Waals surface area contributed by atoms with Gasteiger partial charge in [0.25, 0.3) is 0 Å². The molecule has 1 N–H and O–H groups in total. The zero-order chi connectivity index (χ0) is 17.3. The smallest absolute Gasteiger partial charge is 0.410 e. The number of aryl methyl sites for hydroxylation is 1. The van der Waals surface area contributed by atoms with Gasteiger partial charge in [0.1, 0.15) is 5.60 Å². The molecule has 1 heterocycles. The van der Waals surface area contributed by atoms with Crippen LogP contribution in [0, 0.1) is 18.8 Å². The van der Waals surface area contributed by atoms with Crippen molar-refractivity contribution in [3.63, 3.8) is 0 Å². The lowest BCUT2D eigenvalue weighted by molar-refractivity contribution is 0.0279. The molecule has 4 heteroatoms. The molecule has 2 aliphatic rings. The molecule has 1 saturated carbocycles. The molecule has 3 atom stereocenters. The number of amides is 1. The van der Waals surface area contributed by atoms with Gasteiger partial charge in [-0.25, -0.2) is 4.79 Å². The van der Waals surface area contributed by atoms with Crippen LogP contribution in [0.1, 0.15) is 44.7 Å². The molecule has 1 aromatic rings. The van der Waals surface area contributed by atoms with Gasteiger partial charge in [-0.2, -0.15) is 0 Å². The van der Waals surface area contributed by atoms with E-state index in [1.54, 1.807) is 0 Å². The second-order valence-corrected chi connectivity index (χ2v) is 8.44. The average molecular weight is 330 g/mol. The molecule has 0 spiro atoms. The summed E-state index contributed by atoms with van der Waals surface area (Å²) >= 11 is 0. The largest absolute Gasteiger partial charge is 0.444 e. The van der Waals surface area contributed by atoms with Crippen LogP contribution in [0.2, 0.25) is 0 Å². The molecule has 0 aromatic heterocycles. The number of ether oxygens (including phenoxy) is 1. The first-order valence-corrected chi connectivity index (χ1v) is 9.07. The highest BCUT2D eigenvalue weighted by atomic mass is 16.6. The number of hydrogen-bond donors (Lipinski definition) is 1. The molecule has 24 heavy (non-hydrogen) atoms. The summed E-state index contributed by atoms with van der Waals surface area (Å²) in [7, 11) is 0. The molecule has 1 aliphatic heterocycles. The number of hydrogen-bond acceptors (Lipinski definition) is 3. The van der Waals surface area contributed by atoms with Crippen LogP contribution in [0.4, 0.5) is 4.79 Å². The van der Waals surface area contributed by atoms with E-state index in [2.05, 4.69) is 36.5 Å². The zero-order valence-corrected chi connectivity index (χ0v) is 15.3. The number of rotatable bonds is 3. The summed E-state index contributed by atoms with van der Waals surface area (Å²) in [5, 5.41) is 3.69. The molecule has 1 aliphatic carbocycles. The van der Waals surface area contributed by atoms with Crippen LogP contribution in [0.3, 0.4) is 0 Å². The summed E-state index contributed by atoms with van der Waals surface area (Å²) in [6.07, 6.45) is 2.17. The fourth-order valence-electron chi connectivity index (χ4n) is 3.91. The number of benzene rings is 1. The highest BCUT2D eigenvalue weighted by Crippen LogP contribution is 2.38. The van der Waals surface area contributed by atoms with E-state index in [4.69, 9.17) is 4.74 Å². The molecule has 0 unspecified atom stereocenters. The third kappa shape index (κ3) is 4.29. The number of nitrogens with one attached hydrogen (secondary N) is 1. The number of carbonyl (C=O) groups excluding carboxylic acids is 1. The fraction of sp³-hybridized carbons (Fsp3) is 0.650. The lowest BCUT2D eigenvalue weighted by Crippen LogP contribution is -2.37. The van der Waals surface area contributed by atoms with Crippen LogP contribution in [-0.2, 0) is 11.3 Å². The minimum Gasteiger partial charge on any atom is -0.444 e. The van der Waals surface area contributed by atoms with Gasteiger partial charge in [0.05, 0.1) is 0 Å². The van der Waals surface area contributed by atoms with E-state index in [-0.39, 0.29) is 6.09 Å². The van der Waals surface area contributed by atoms with E-state index in [0.29, 0.717) is 17.9 Å². The van der Waals surface area contributed by atoms with Crippen LogP contribution >= 0.6 is 0 Å². The highest BCUT2D eigenvalue weighted by molar-refractivity contribution is 5.68. The van der Waals surface area contributed by atoms with Gasteiger partial charge in [0, 0.05) is 25.7 Å². The van der Waals surface area contributed by atoms with Crippen molar-refractivity contribution in [3.05, 3.63) is 35.4 Å². The van der Waals surface area contributed by atoms with Crippen LogP contribution in [0.15, 0.2) is 24.3 Å². The average Bonchev–Trinajstić information content (AvgIpc) is 3.03. The molecule has 4 nitrogen and oxygen atoms in total. The zero-order valence-electron chi connectivity index (χ0n) is 15.3. The van der Waals surface area contributed by atoms with Crippen molar-refractivity contribution in [1.29, 1.82) is 0 Å². The Morgan fingerprint density at radius 3 is 2.29 bits per heavy atom. The molecule has 132 valence electrons. The van der Waals surface area contributed by atoms with E-state index < -0.39 is 5.60 Å². The van der Waals surface area contributed by atoms with Gasteiger partial charge >= 0.3 is 6.09 Å². The maximum absolute atomic E-state index is 12.2. The van der Waals surface area contributed by atoms with E-state index in [1.165, 1.54) is 11.1 Å². The van der Waals surface area contributed by atoms with E-state index in [9.17, 15) is 4.79 Å². The van der Waals surface area contributed by atoms with Gasteiger partial charge in [-0.05, 0) is 57.9 Å². The lowest BCUT2D eigenvalue weighted by atomic mass is 10.0. The second-order valence-electron chi connectivity index (χ2n) is 8.44. The third-order valence-electron chi connectivity index (χ3n) is 5.12. The normalized spacial score (nSPS) is 26.5. The molecule has 1 amide bonds. The number of likely N-dealkylation sites (tertiary alicyclic amines) is 1. The first kappa shape index (κ1) is 17.3. The van der Waals surface area contributed by atoms with Crippen LogP contribution in [0.5, 0.6) is 0 Å². The van der Waals surface area contributed by atoms with Crippen molar-refractivity contribution in [1.82, 2.24) is 10.2 Å². The van der Waals surface area contributed by atoms with Gasteiger partial charge in [-0.3, -0.25) is 0 Å². The Morgan fingerprint density at radius 1 is 1.17 bits per heavy atom. The fourth-order valence-corrected chi connectivity index (χ4v) is 3.91. The second kappa shape index (κ2) is 6.75. The van der Waals surface area contributed by atoms with Crippen molar-refractivity contribution < 1.29 is 9.53 Å². The van der Waals surface area contributed by atoms with Gasteiger partial charge in [-0.1, -0.05) is 29.8 Å². The predicted octanol–water partition coefficient (Wildman–Crippen LogP) is 3.73. The summed E-state index contributed by atoms with van der Waals surface area (Å²) in [4.78, 5) is 14.1. The molecule has 0 radical (unpaired) electrons. The molecule has 3 rings (SSSR count). The Balaban J connectivity index is 1.45. The van der Waals surface area contributed by atoms with Crippen molar-refractivity contribution in [3.8, 4) is 0 Å². The summed E-state index contributed by atoms with van der Waals surface area (Å²) in [5.41, 5.74) is 2.23. The van der Waals surface area contributed by atoms with Crippen LogP contribution in [-0.4, -0.2) is 35.7 Å². The SMILES string of the molecule is Cc1ccc(CN[C@@H]2C[C@@H]3CN(C(=O)OC(C)(C)C)C[C@@H]3C2)cc1. The molecule has 1 saturated heterocycles. The predicted molar refractivity (Wildman–Crippen MR) is 95.8 cm³/mol. The first-order valence-electron chi connectivity index (χ1n) is 9.07. The summed E-state index contributed by atoms with van der Waals surface area (Å²) < 4.78 is 5.50. The van der Waals surface area contributed by atoms with Gasteiger partial charge in [0.2, 0.25) is 0 Å². The Bertz CT molecular complexity index is 562. The van der Waals surface area contributed by atoms with E-state index >= 15 is 0 Å². The summed E-state index contributed by atoms with van der Waals surface area (Å²) in [5.74, 6) is 1.24. The Morgan fingerprint density at radius 2 is 1.75 bits per heavy atom. The van der Waals surface area contributed by atoms with Crippen molar-refractivity contribution in [2.45, 2.75) is 58.7 Å². The molecule has 2 fully saturated rings. The Hall–Kier alpha value is -1.55. The minimum atomic E-state index is -0.410. The summed E-state index contributed by atoms with van der Waals surface area (Å²) in [6.45, 7) is 10.5. The van der Waals surface area contributed by atoms with Crippen molar-refractivity contribution >= 4 is 6.09 Å². The van der Waals surface area contributed by atoms with Gasteiger partial charge < -0.3 is 15.0 Å². The molecular formula is C20H30N2O2. The number of nitrogens with zero attached hydrogens (tertiary/aromatic N) is 1. The van der Waals surface area contributed by atoms with Gasteiger partial charge in [0.15, 0.2) is 0 Å².